The molecule has 4 aromatic rings. The number of nitrogens with one attached hydrogen (secondary N) is 1. The highest BCUT2D eigenvalue weighted by atomic mass is 32.1. The molecule has 1 saturated carbocycles. The predicted molar refractivity (Wildman–Crippen MR) is 116 cm³/mol. The van der Waals surface area contributed by atoms with Gasteiger partial charge in [0.2, 0.25) is 22.8 Å². The maximum Gasteiger partial charge on any atom is 0.248 e. The molecular weight excluding hydrogens is 452 g/mol. The normalized spacial score (nSPS) is 18.3. The van der Waals surface area contributed by atoms with Crippen LogP contribution in [0.5, 0.6) is 0 Å². The summed E-state index contributed by atoms with van der Waals surface area (Å²) in [6.45, 7) is 0. The van der Waals surface area contributed by atoms with Crippen LogP contribution < -0.4 is 5.32 Å². The molecule has 2 atom stereocenters. The third-order valence-electron chi connectivity index (χ3n) is 5.62. The number of nitrogens with zero attached hydrogens (tertiary/aromatic N) is 6. The second-order valence-electron chi connectivity index (χ2n) is 7.94. The average Bonchev–Trinajstić information content (AvgIpc) is 3.57. The first-order chi connectivity index (χ1) is 15.9. The highest BCUT2D eigenvalue weighted by molar-refractivity contribution is 7.18. The summed E-state index contributed by atoms with van der Waals surface area (Å²) in [6, 6.07) is 10.5. The Balaban J connectivity index is 1.40. The van der Waals surface area contributed by atoms with Crippen molar-refractivity contribution in [3.05, 3.63) is 48.2 Å². The molecule has 0 radical (unpaired) electrons. The van der Waals surface area contributed by atoms with Gasteiger partial charge in [0.1, 0.15) is 0 Å². The van der Waals surface area contributed by atoms with Crippen molar-refractivity contribution in [3.8, 4) is 22.2 Å². The van der Waals surface area contributed by atoms with E-state index in [2.05, 4.69) is 30.9 Å². The molecule has 0 saturated heterocycles. The number of alkyl halides is 2. The number of hydrogen-bond donors (Lipinski definition) is 1. The molecule has 12 heteroatoms. The van der Waals surface area contributed by atoms with Crippen molar-refractivity contribution in [3.63, 3.8) is 0 Å². The number of carbonyl (C=O) groups is 1. The Bertz CT molecular complexity index is 1250. The summed E-state index contributed by atoms with van der Waals surface area (Å²) in [5.41, 5.74) is 1.36. The van der Waals surface area contributed by atoms with E-state index < -0.39 is 23.7 Å². The Morgan fingerprint density at radius 3 is 2.70 bits per heavy atom. The van der Waals surface area contributed by atoms with E-state index in [4.69, 9.17) is 4.42 Å². The summed E-state index contributed by atoms with van der Waals surface area (Å²) in [6.07, 6.45) is 1.20. The van der Waals surface area contributed by atoms with Crippen LogP contribution in [0.25, 0.3) is 22.2 Å². The van der Waals surface area contributed by atoms with Gasteiger partial charge in [-0.15, -0.1) is 20.4 Å². The minimum atomic E-state index is -2.78. The fourth-order valence-corrected chi connectivity index (χ4v) is 4.82. The molecule has 33 heavy (non-hydrogen) atoms. The largest absolute Gasteiger partial charge is 0.462 e. The van der Waals surface area contributed by atoms with Crippen molar-refractivity contribution in [1.29, 1.82) is 0 Å². The molecular formula is C21H19F2N7O2S. The maximum absolute atomic E-state index is 14.0. The van der Waals surface area contributed by atoms with Gasteiger partial charge in [-0.05, 0) is 35.2 Å². The molecule has 3 aromatic heterocycles. The number of aromatic nitrogens is 6. The van der Waals surface area contributed by atoms with Crippen molar-refractivity contribution in [2.75, 3.05) is 5.32 Å². The Labute approximate surface area is 190 Å². The lowest BCUT2D eigenvalue weighted by atomic mass is 9.83. The van der Waals surface area contributed by atoms with Crippen molar-refractivity contribution in [1.82, 2.24) is 30.4 Å². The highest BCUT2D eigenvalue weighted by Crippen LogP contribution is 2.46. The fraction of sp³-hybridized carbons (Fsp3) is 0.333. The van der Waals surface area contributed by atoms with Crippen LogP contribution in [-0.4, -0.2) is 42.2 Å². The first-order valence-corrected chi connectivity index (χ1v) is 11.1. The van der Waals surface area contributed by atoms with E-state index >= 15 is 0 Å². The summed E-state index contributed by atoms with van der Waals surface area (Å²) in [4.78, 5) is 14.6. The van der Waals surface area contributed by atoms with Gasteiger partial charge in [-0.2, -0.15) is 4.80 Å². The molecule has 2 unspecified atom stereocenters. The number of halogens is 2. The first kappa shape index (κ1) is 21.3. The SMILES string of the molecule is Cn1nnc(-c2ccc(C(C(=O)Nc3nnc(-c4ccco4)s3)C3CCC(F)(F)C3)cc2)n1. The summed E-state index contributed by atoms with van der Waals surface area (Å²) in [5, 5.41) is 23.5. The van der Waals surface area contributed by atoms with Crippen LogP contribution in [-0.2, 0) is 11.8 Å². The van der Waals surface area contributed by atoms with Gasteiger partial charge in [-0.3, -0.25) is 10.1 Å². The van der Waals surface area contributed by atoms with E-state index in [0.29, 0.717) is 22.2 Å². The number of tetrazole rings is 1. The Hall–Kier alpha value is -3.54. The van der Waals surface area contributed by atoms with Crippen LogP contribution in [0.15, 0.2) is 47.1 Å². The van der Waals surface area contributed by atoms with E-state index in [9.17, 15) is 13.6 Å². The van der Waals surface area contributed by atoms with Gasteiger partial charge in [-0.1, -0.05) is 35.6 Å². The molecule has 1 fully saturated rings. The van der Waals surface area contributed by atoms with Gasteiger partial charge in [0.15, 0.2) is 10.8 Å². The van der Waals surface area contributed by atoms with E-state index in [-0.39, 0.29) is 24.4 Å². The summed E-state index contributed by atoms with van der Waals surface area (Å²) in [7, 11) is 1.66. The van der Waals surface area contributed by atoms with Crippen LogP contribution in [0.4, 0.5) is 13.9 Å². The number of rotatable bonds is 6. The smallest absolute Gasteiger partial charge is 0.248 e. The fourth-order valence-electron chi connectivity index (χ4n) is 4.10. The zero-order valence-corrected chi connectivity index (χ0v) is 18.3. The van der Waals surface area contributed by atoms with E-state index in [0.717, 1.165) is 16.9 Å². The molecule has 5 rings (SSSR count). The first-order valence-electron chi connectivity index (χ1n) is 10.3. The lowest BCUT2D eigenvalue weighted by Gasteiger charge is -2.23. The summed E-state index contributed by atoms with van der Waals surface area (Å²) >= 11 is 1.15. The standard InChI is InChI=1S/C21H19F2N7O2S/c1-30-28-17(25-29-30)13-6-4-12(5-7-13)16(14-8-9-21(22,23)11-14)18(31)24-20-27-26-19(33-20)15-3-2-10-32-15/h2-7,10,14,16H,8-9,11H2,1H3,(H,24,27,31). The Morgan fingerprint density at radius 2 is 2.06 bits per heavy atom. The minimum absolute atomic E-state index is 0.232. The molecule has 0 spiro atoms. The molecule has 1 aliphatic carbocycles. The summed E-state index contributed by atoms with van der Waals surface area (Å²) in [5.74, 6) is -3.46. The van der Waals surface area contributed by atoms with Gasteiger partial charge in [0, 0.05) is 18.4 Å². The molecule has 0 aliphatic heterocycles. The van der Waals surface area contributed by atoms with E-state index in [1.807, 2.05) is 0 Å². The molecule has 1 N–H and O–H groups in total. The topological polar surface area (TPSA) is 112 Å². The third-order valence-corrected chi connectivity index (χ3v) is 6.47. The zero-order valence-electron chi connectivity index (χ0n) is 17.5. The number of carbonyl (C=O) groups excluding carboxylic acids is 1. The van der Waals surface area contributed by atoms with Crippen LogP contribution in [0.3, 0.4) is 0 Å². The molecule has 1 aromatic carbocycles. The second-order valence-corrected chi connectivity index (χ2v) is 8.92. The van der Waals surface area contributed by atoms with Crippen LogP contribution >= 0.6 is 11.3 Å². The molecule has 1 aliphatic rings. The highest BCUT2D eigenvalue weighted by Gasteiger charge is 2.45. The van der Waals surface area contributed by atoms with Crippen molar-refractivity contribution < 1.29 is 18.0 Å². The second kappa shape index (κ2) is 8.43. The van der Waals surface area contributed by atoms with Crippen molar-refractivity contribution in [2.24, 2.45) is 13.0 Å². The predicted octanol–water partition coefficient (Wildman–Crippen LogP) is 4.15. The van der Waals surface area contributed by atoms with Gasteiger partial charge < -0.3 is 4.42 Å². The molecule has 170 valence electrons. The average molecular weight is 471 g/mol. The Kier molecular flexibility index (Phi) is 5.44. The number of amides is 1. The quantitative estimate of drug-likeness (QED) is 0.450. The number of aryl methyl sites for hydroxylation is 1. The van der Waals surface area contributed by atoms with Crippen molar-refractivity contribution >= 4 is 22.4 Å². The van der Waals surface area contributed by atoms with Crippen LogP contribution in [0.1, 0.15) is 30.7 Å². The van der Waals surface area contributed by atoms with E-state index in [1.54, 1.807) is 43.4 Å². The number of hydrogen-bond acceptors (Lipinski definition) is 8. The third kappa shape index (κ3) is 4.51. The Morgan fingerprint density at radius 1 is 1.24 bits per heavy atom. The molecule has 3 heterocycles. The lowest BCUT2D eigenvalue weighted by Crippen LogP contribution is -2.27. The molecule has 9 nitrogen and oxygen atoms in total. The van der Waals surface area contributed by atoms with Gasteiger partial charge >= 0.3 is 0 Å². The number of anilines is 1. The summed E-state index contributed by atoms with van der Waals surface area (Å²) < 4.78 is 33.3. The van der Waals surface area contributed by atoms with E-state index in [1.165, 1.54) is 11.1 Å². The maximum atomic E-state index is 14.0. The van der Waals surface area contributed by atoms with Crippen molar-refractivity contribution in [2.45, 2.75) is 31.1 Å². The lowest BCUT2D eigenvalue weighted by molar-refractivity contribution is -0.118. The van der Waals surface area contributed by atoms with Crippen LogP contribution in [0.2, 0.25) is 0 Å². The van der Waals surface area contributed by atoms with Gasteiger partial charge in [-0.25, -0.2) is 8.78 Å². The number of furan rings is 1. The zero-order chi connectivity index (χ0) is 23.0. The van der Waals surface area contributed by atoms with Gasteiger partial charge in [0.25, 0.3) is 0 Å². The molecule has 1 amide bonds. The molecule has 0 bridgehead atoms. The van der Waals surface area contributed by atoms with Gasteiger partial charge in [0.05, 0.1) is 19.2 Å². The van der Waals surface area contributed by atoms with Crippen LogP contribution in [0, 0.1) is 5.92 Å². The number of benzene rings is 1. The monoisotopic (exact) mass is 471 g/mol. The minimum Gasteiger partial charge on any atom is -0.462 e.